The quantitative estimate of drug-likeness (QED) is 0.232. The number of fused-ring (bicyclic) bond motifs is 1. The number of aliphatic hydroxyl groups is 1. The Bertz CT molecular complexity index is 1100. The van der Waals surface area contributed by atoms with Crippen LogP contribution < -0.4 is 4.90 Å². The molecule has 4 rings (SSSR count). The molecule has 0 radical (unpaired) electrons. The van der Waals surface area contributed by atoms with Gasteiger partial charge in [0.1, 0.15) is 6.04 Å². The third-order valence-electron chi connectivity index (χ3n) is 8.40. The number of para-hydroxylation sites is 1. The predicted octanol–water partition coefficient (Wildman–Crippen LogP) is 4.60. The summed E-state index contributed by atoms with van der Waals surface area (Å²) in [6, 6.07) is 3.99. The summed E-state index contributed by atoms with van der Waals surface area (Å²) in [5.41, 5.74) is 1.40. The predicted molar refractivity (Wildman–Crippen MR) is 155 cm³/mol. The lowest BCUT2D eigenvalue weighted by atomic mass is 9.71. The molecule has 2 bridgehead atoms. The maximum absolute atomic E-state index is 14.8. The second-order valence-electron chi connectivity index (χ2n) is 10.4. The van der Waals surface area contributed by atoms with Crippen LogP contribution >= 0.6 is 39.3 Å². The summed E-state index contributed by atoms with van der Waals surface area (Å²) in [5, 5.41) is 10.8. The molecule has 3 fully saturated rings. The molecule has 3 aliphatic rings. The monoisotopic (exact) mass is 626 g/mol. The number of likely N-dealkylation sites (tertiary alicyclic amines) is 1. The van der Waals surface area contributed by atoms with Crippen LogP contribution in [-0.2, 0) is 19.1 Å². The molecule has 7 nitrogen and oxygen atoms in total. The van der Waals surface area contributed by atoms with E-state index < -0.39 is 34.6 Å². The molecule has 1 aromatic carbocycles. The highest BCUT2D eigenvalue weighted by Gasteiger charge is 2.77. The van der Waals surface area contributed by atoms with Crippen LogP contribution in [0.2, 0.25) is 5.02 Å². The fourth-order valence-electron chi connectivity index (χ4n) is 6.56. The van der Waals surface area contributed by atoms with E-state index in [1.807, 2.05) is 32.9 Å². The first-order chi connectivity index (χ1) is 18.1. The third-order valence-corrected chi connectivity index (χ3v) is 11.9. The molecule has 208 valence electrons. The molecule has 1 N–H and O–H groups in total. The number of halogens is 2. The summed E-state index contributed by atoms with van der Waals surface area (Å²) in [7, 11) is 0. The molecule has 8 atom stereocenters. The van der Waals surface area contributed by atoms with E-state index in [0.717, 1.165) is 5.56 Å². The molecular formula is C28H36BrClN2O5S. The van der Waals surface area contributed by atoms with Crippen molar-refractivity contribution in [3.8, 4) is 0 Å². The second kappa shape index (κ2) is 11.5. The number of amides is 2. The molecule has 0 aliphatic carbocycles. The van der Waals surface area contributed by atoms with Crippen LogP contribution in [0.25, 0.3) is 0 Å². The average molecular weight is 628 g/mol. The highest BCUT2D eigenvalue weighted by atomic mass is 79.9. The number of carbonyl (C=O) groups excluding carboxylic acids is 3. The Labute approximate surface area is 242 Å². The van der Waals surface area contributed by atoms with Gasteiger partial charge in [-0.25, -0.2) is 0 Å². The van der Waals surface area contributed by atoms with Crippen LogP contribution in [0.4, 0.5) is 5.69 Å². The van der Waals surface area contributed by atoms with Crippen molar-refractivity contribution in [1.82, 2.24) is 4.90 Å². The Hall–Kier alpha value is -1.55. The van der Waals surface area contributed by atoms with Crippen LogP contribution in [0, 0.1) is 24.7 Å². The largest absolute Gasteiger partial charge is 0.466 e. The number of alkyl halides is 1. The number of hydrogen-bond donors (Lipinski definition) is 1. The van der Waals surface area contributed by atoms with E-state index in [1.54, 1.807) is 40.6 Å². The number of nitrogens with zero attached hydrogens (tertiary/aromatic N) is 2. The van der Waals surface area contributed by atoms with Crippen LogP contribution in [0.1, 0.15) is 39.2 Å². The minimum atomic E-state index is -0.892. The lowest BCUT2D eigenvalue weighted by Gasteiger charge is -2.41. The molecule has 1 aromatic rings. The smallest absolute Gasteiger partial charge is 0.310 e. The topological polar surface area (TPSA) is 87.2 Å². The van der Waals surface area contributed by atoms with Crippen molar-refractivity contribution in [3.05, 3.63) is 41.4 Å². The van der Waals surface area contributed by atoms with Gasteiger partial charge in [0, 0.05) is 16.6 Å². The Morgan fingerprint density at radius 1 is 1.42 bits per heavy atom. The summed E-state index contributed by atoms with van der Waals surface area (Å²) in [6.07, 6.45) is 2.90. The number of carbonyl (C=O) groups is 3. The van der Waals surface area contributed by atoms with Crippen molar-refractivity contribution in [3.63, 3.8) is 0 Å². The van der Waals surface area contributed by atoms with Gasteiger partial charge in [0.15, 0.2) is 0 Å². The highest BCUT2D eigenvalue weighted by Crippen LogP contribution is 2.68. The van der Waals surface area contributed by atoms with Gasteiger partial charge in [0.25, 0.3) is 5.91 Å². The SMILES string of the molecule is C=CCN(C(=O)C1N([C@@H](CO)[C@@H](C)CC)C(=O)[C@@H]2[C@H](C(=O)OCC)[C@H]3SC12CC3Br)c1c(C)cccc1Cl. The number of aryl methyl sites for hydroxylation is 1. The number of aliphatic hydroxyl groups excluding tert-OH is 1. The molecular weight excluding hydrogens is 592 g/mol. The van der Waals surface area contributed by atoms with E-state index in [0.29, 0.717) is 23.6 Å². The number of thioether (sulfide) groups is 1. The van der Waals surface area contributed by atoms with E-state index in [1.165, 1.54) is 0 Å². The van der Waals surface area contributed by atoms with Gasteiger partial charge >= 0.3 is 5.97 Å². The fourth-order valence-corrected chi connectivity index (χ4v) is 10.5. The van der Waals surface area contributed by atoms with Crippen LogP contribution in [0.5, 0.6) is 0 Å². The Morgan fingerprint density at radius 2 is 2.13 bits per heavy atom. The van der Waals surface area contributed by atoms with Crippen LogP contribution in [0.15, 0.2) is 30.9 Å². The van der Waals surface area contributed by atoms with Gasteiger partial charge < -0.3 is 19.6 Å². The van der Waals surface area contributed by atoms with E-state index in [2.05, 4.69) is 22.5 Å². The van der Waals surface area contributed by atoms with Crippen LogP contribution in [-0.4, -0.2) is 74.5 Å². The summed E-state index contributed by atoms with van der Waals surface area (Å²) in [5.74, 6) is -2.39. The first kappa shape index (κ1) is 29.4. The fraction of sp³-hybridized carbons (Fsp3) is 0.607. The average Bonchev–Trinajstić information content (AvgIpc) is 3.47. The van der Waals surface area contributed by atoms with Gasteiger partial charge in [-0.15, -0.1) is 18.3 Å². The van der Waals surface area contributed by atoms with Gasteiger partial charge in [-0.2, -0.15) is 0 Å². The molecule has 10 heteroatoms. The maximum atomic E-state index is 14.8. The molecule has 3 aliphatic heterocycles. The van der Waals surface area contributed by atoms with Gasteiger partial charge in [-0.05, 0) is 37.8 Å². The Morgan fingerprint density at radius 3 is 2.71 bits per heavy atom. The van der Waals surface area contributed by atoms with Gasteiger partial charge in [-0.3, -0.25) is 14.4 Å². The molecule has 3 heterocycles. The van der Waals surface area contributed by atoms with Crippen molar-refractivity contribution >= 4 is 62.8 Å². The lowest BCUT2D eigenvalue weighted by Crippen LogP contribution is -2.59. The summed E-state index contributed by atoms with van der Waals surface area (Å²) < 4.78 is 4.59. The molecule has 1 spiro atoms. The zero-order valence-corrected chi connectivity index (χ0v) is 25.4. The molecule has 0 saturated carbocycles. The van der Waals surface area contributed by atoms with E-state index in [4.69, 9.17) is 16.3 Å². The molecule has 2 amide bonds. The second-order valence-corrected chi connectivity index (χ2v) is 13.6. The minimum Gasteiger partial charge on any atom is -0.466 e. The molecule has 3 unspecified atom stereocenters. The summed E-state index contributed by atoms with van der Waals surface area (Å²) in [6.45, 7) is 11.6. The number of benzene rings is 1. The van der Waals surface area contributed by atoms with Gasteiger partial charge in [0.05, 0.1) is 46.5 Å². The van der Waals surface area contributed by atoms with E-state index in [9.17, 15) is 19.5 Å². The lowest BCUT2D eigenvalue weighted by molar-refractivity contribution is -0.154. The maximum Gasteiger partial charge on any atom is 0.310 e. The molecule has 0 aromatic heterocycles. The minimum absolute atomic E-state index is 0.0626. The van der Waals surface area contributed by atoms with Gasteiger partial charge in [0.2, 0.25) is 5.91 Å². The zero-order valence-electron chi connectivity index (χ0n) is 22.2. The number of anilines is 1. The number of ether oxygens (including phenoxy) is 1. The summed E-state index contributed by atoms with van der Waals surface area (Å²) in [4.78, 5) is 45.5. The van der Waals surface area contributed by atoms with E-state index in [-0.39, 0.29) is 47.6 Å². The molecule has 3 saturated heterocycles. The van der Waals surface area contributed by atoms with Crippen molar-refractivity contribution in [1.29, 1.82) is 0 Å². The van der Waals surface area contributed by atoms with Crippen molar-refractivity contribution in [2.24, 2.45) is 17.8 Å². The number of rotatable bonds is 10. The zero-order chi connectivity index (χ0) is 27.9. The van der Waals surface area contributed by atoms with Crippen LogP contribution in [0.3, 0.4) is 0 Å². The standard InChI is InChI=1S/C28H36BrClN2O5S/c1-6-12-31(22-16(5)10-9-11-18(22)30)26(35)24-28-13-17(29)23(38-28)20(27(36)37-8-3)21(28)25(34)32(24)19(14-33)15(4)7-2/h6,9-11,15,17,19-21,23-24,33H,1,7-8,12-14H2,2-5H3/t15-,17?,19-,20-,21-,23-,24?,28?/m0/s1. The first-order valence-corrected chi connectivity index (χ1v) is 15.4. The normalized spacial score (nSPS) is 31.2. The van der Waals surface area contributed by atoms with Crippen molar-refractivity contribution in [2.45, 2.75) is 67.4 Å². The Balaban J connectivity index is 1.90. The van der Waals surface area contributed by atoms with Gasteiger partial charge in [-0.1, -0.05) is 66.0 Å². The van der Waals surface area contributed by atoms with Crippen molar-refractivity contribution < 1.29 is 24.2 Å². The van der Waals surface area contributed by atoms with Crippen molar-refractivity contribution in [2.75, 3.05) is 24.7 Å². The number of hydrogen-bond acceptors (Lipinski definition) is 6. The first-order valence-electron chi connectivity index (χ1n) is 13.2. The molecule has 38 heavy (non-hydrogen) atoms. The van der Waals surface area contributed by atoms with E-state index >= 15 is 0 Å². The highest BCUT2D eigenvalue weighted by molar-refractivity contribution is 9.09. The number of esters is 1. The summed E-state index contributed by atoms with van der Waals surface area (Å²) >= 11 is 11.9. The Kier molecular flexibility index (Phi) is 8.92. The third kappa shape index (κ3) is 4.51.